The summed E-state index contributed by atoms with van der Waals surface area (Å²) in [4.78, 5) is 47.1. The largest absolute Gasteiger partial charge is 0.481 e. The van der Waals surface area contributed by atoms with Crippen molar-refractivity contribution in [3.63, 3.8) is 0 Å². The van der Waals surface area contributed by atoms with Crippen molar-refractivity contribution in [1.29, 1.82) is 0 Å². The van der Waals surface area contributed by atoms with Gasteiger partial charge in [-0.2, -0.15) is 0 Å². The van der Waals surface area contributed by atoms with Gasteiger partial charge in [0, 0.05) is 19.5 Å². The van der Waals surface area contributed by atoms with E-state index < -0.39 is 35.1 Å². The molecule has 1 fully saturated rings. The average molecular weight is 299 g/mol. The van der Waals surface area contributed by atoms with E-state index in [4.69, 9.17) is 10.8 Å². The first-order valence-corrected chi connectivity index (χ1v) is 6.75. The molecule has 1 heterocycles. The first-order chi connectivity index (χ1) is 9.63. The van der Waals surface area contributed by atoms with Gasteiger partial charge in [0.05, 0.1) is 11.3 Å². The number of primary amides is 1. The van der Waals surface area contributed by atoms with Crippen LogP contribution in [0.5, 0.6) is 0 Å². The summed E-state index contributed by atoms with van der Waals surface area (Å²) in [7, 11) is 0. The van der Waals surface area contributed by atoms with Crippen molar-refractivity contribution in [2.45, 2.75) is 33.1 Å². The lowest BCUT2D eigenvalue weighted by molar-refractivity contribution is -0.149. The van der Waals surface area contributed by atoms with Crippen LogP contribution in [0.3, 0.4) is 0 Å². The monoisotopic (exact) mass is 299 g/mol. The van der Waals surface area contributed by atoms with Crippen LogP contribution in [0.4, 0.5) is 4.79 Å². The van der Waals surface area contributed by atoms with E-state index >= 15 is 0 Å². The number of carbonyl (C=O) groups excluding carboxylic acids is 3. The maximum atomic E-state index is 11.9. The summed E-state index contributed by atoms with van der Waals surface area (Å²) in [6, 6.07) is -0.618. The molecule has 1 saturated heterocycles. The fraction of sp³-hybridized carbons (Fsp3) is 0.692. The van der Waals surface area contributed by atoms with Crippen LogP contribution in [0.1, 0.15) is 33.1 Å². The molecule has 0 aromatic heterocycles. The Bertz CT molecular complexity index is 461. The highest BCUT2D eigenvalue weighted by Crippen LogP contribution is 2.20. The smallest absolute Gasteiger partial charge is 0.324 e. The van der Waals surface area contributed by atoms with Crippen LogP contribution in [-0.4, -0.2) is 46.9 Å². The molecule has 1 aliphatic heterocycles. The van der Waals surface area contributed by atoms with Crippen LogP contribution in [0.2, 0.25) is 0 Å². The van der Waals surface area contributed by atoms with Gasteiger partial charge >= 0.3 is 12.0 Å². The first kappa shape index (κ1) is 16.9. The van der Waals surface area contributed by atoms with Crippen LogP contribution in [0, 0.1) is 11.3 Å². The Morgan fingerprint density at radius 3 is 2.48 bits per heavy atom. The lowest BCUT2D eigenvalue weighted by atomic mass is 9.89. The van der Waals surface area contributed by atoms with E-state index in [1.54, 1.807) is 0 Å². The number of carbonyl (C=O) groups is 4. The minimum Gasteiger partial charge on any atom is -0.481 e. The van der Waals surface area contributed by atoms with Crippen molar-refractivity contribution >= 4 is 23.8 Å². The number of carboxylic acid groups (broad SMARTS) is 1. The molecule has 0 saturated carbocycles. The van der Waals surface area contributed by atoms with Gasteiger partial charge < -0.3 is 15.7 Å². The molecule has 8 heteroatoms. The Labute approximate surface area is 122 Å². The van der Waals surface area contributed by atoms with Crippen molar-refractivity contribution in [2.75, 3.05) is 13.1 Å². The number of nitrogens with one attached hydrogen (secondary N) is 1. The molecule has 0 aromatic carbocycles. The van der Waals surface area contributed by atoms with Crippen LogP contribution in [-0.2, 0) is 14.4 Å². The van der Waals surface area contributed by atoms with Gasteiger partial charge in [-0.25, -0.2) is 4.79 Å². The molecule has 118 valence electrons. The topological polar surface area (TPSA) is 130 Å². The molecule has 1 unspecified atom stereocenters. The minimum atomic E-state index is -1.25. The van der Waals surface area contributed by atoms with E-state index in [1.165, 1.54) is 18.7 Å². The highest BCUT2D eigenvalue weighted by molar-refractivity contribution is 5.96. The highest BCUT2D eigenvalue weighted by atomic mass is 16.4. The Morgan fingerprint density at radius 2 is 1.95 bits per heavy atom. The predicted molar refractivity (Wildman–Crippen MR) is 73.1 cm³/mol. The molecule has 1 aliphatic rings. The van der Waals surface area contributed by atoms with Gasteiger partial charge in [0.2, 0.25) is 11.8 Å². The number of rotatable bonds is 4. The van der Waals surface area contributed by atoms with Gasteiger partial charge in [-0.15, -0.1) is 0 Å². The molecule has 21 heavy (non-hydrogen) atoms. The van der Waals surface area contributed by atoms with Gasteiger partial charge in [-0.3, -0.25) is 19.7 Å². The molecule has 1 rings (SSSR count). The summed E-state index contributed by atoms with van der Waals surface area (Å²) in [5.74, 6) is -2.65. The molecule has 0 radical (unpaired) electrons. The van der Waals surface area contributed by atoms with Crippen LogP contribution in [0.25, 0.3) is 0 Å². The number of nitrogens with two attached hydrogens (primary N) is 1. The average Bonchev–Trinajstić information content (AvgIpc) is 2.37. The third-order valence-corrected chi connectivity index (χ3v) is 3.54. The summed E-state index contributed by atoms with van der Waals surface area (Å²) >= 11 is 0. The fourth-order valence-corrected chi connectivity index (χ4v) is 2.11. The quantitative estimate of drug-likeness (QED) is 0.668. The van der Waals surface area contributed by atoms with Crippen LogP contribution < -0.4 is 11.1 Å². The molecular formula is C13H21N3O5. The Kier molecular flexibility index (Phi) is 5.28. The molecule has 8 nitrogen and oxygen atoms in total. The highest BCUT2D eigenvalue weighted by Gasteiger charge is 2.32. The summed E-state index contributed by atoms with van der Waals surface area (Å²) in [6.07, 6.45) is 0.954. The summed E-state index contributed by atoms with van der Waals surface area (Å²) < 4.78 is 0. The van der Waals surface area contributed by atoms with Gasteiger partial charge in [0.1, 0.15) is 0 Å². The molecule has 0 aromatic rings. The van der Waals surface area contributed by atoms with E-state index in [0.717, 1.165) is 0 Å². The van der Waals surface area contributed by atoms with Crippen LogP contribution in [0.15, 0.2) is 0 Å². The molecular weight excluding hydrogens is 278 g/mol. The zero-order valence-corrected chi connectivity index (χ0v) is 12.2. The van der Waals surface area contributed by atoms with Crippen LogP contribution >= 0.6 is 0 Å². The molecule has 1 atom stereocenters. The van der Waals surface area contributed by atoms with Crippen molar-refractivity contribution in [2.24, 2.45) is 17.1 Å². The van der Waals surface area contributed by atoms with E-state index in [9.17, 15) is 19.2 Å². The van der Waals surface area contributed by atoms with E-state index in [0.29, 0.717) is 19.4 Å². The summed E-state index contributed by atoms with van der Waals surface area (Å²) in [6.45, 7) is 3.43. The van der Waals surface area contributed by atoms with Crippen molar-refractivity contribution in [3.8, 4) is 0 Å². The maximum absolute atomic E-state index is 11.9. The minimum absolute atomic E-state index is 0.177. The zero-order chi connectivity index (χ0) is 16.2. The molecule has 4 N–H and O–H groups in total. The number of urea groups is 1. The number of piperidine rings is 1. The molecule has 4 amide bonds. The van der Waals surface area contributed by atoms with Gasteiger partial charge in [0.25, 0.3) is 0 Å². The normalized spacial score (nSPS) is 19.0. The number of imide groups is 1. The third kappa shape index (κ3) is 4.73. The number of hydrogen-bond acceptors (Lipinski definition) is 4. The zero-order valence-electron chi connectivity index (χ0n) is 12.2. The Hall–Kier alpha value is -2.12. The van der Waals surface area contributed by atoms with Crippen molar-refractivity contribution in [3.05, 3.63) is 0 Å². The maximum Gasteiger partial charge on any atom is 0.324 e. The molecule has 0 aliphatic carbocycles. The van der Waals surface area contributed by atoms with E-state index in [-0.39, 0.29) is 13.0 Å². The van der Waals surface area contributed by atoms with E-state index in [2.05, 4.69) is 5.32 Å². The van der Waals surface area contributed by atoms with Gasteiger partial charge in [0.15, 0.2) is 0 Å². The van der Waals surface area contributed by atoms with Gasteiger partial charge in [-0.05, 0) is 26.7 Å². The second kappa shape index (κ2) is 6.55. The number of amides is 4. The first-order valence-electron chi connectivity index (χ1n) is 6.75. The molecule has 0 bridgehead atoms. The number of nitrogens with zero attached hydrogens (tertiary/aromatic N) is 1. The number of aliphatic carboxylic acids is 1. The molecule has 0 spiro atoms. The third-order valence-electron chi connectivity index (χ3n) is 3.54. The predicted octanol–water partition coefficient (Wildman–Crippen LogP) is -0.0792. The second-order valence-corrected chi connectivity index (χ2v) is 5.91. The fourth-order valence-electron chi connectivity index (χ4n) is 2.11. The number of hydrogen-bond donors (Lipinski definition) is 3. The van der Waals surface area contributed by atoms with E-state index in [1.807, 2.05) is 0 Å². The second-order valence-electron chi connectivity index (χ2n) is 5.91. The summed E-state index contributed by atoms with van der Waals surface area (Å²) in [5, 5.41) is 11.1. The van der Waals surface area contributed by atoms with Crippen molar-refractivity contribution in [1.82, 2.24) is 10.2 Å². The lowest BCUT2D eigenvalue weighted by Gasteiger charge is -2.31. The van der Waals surface area contributed by atoms with Crippen molar-refractivity contribution < 1.29 is 24.3 Å². The standard InChI is InChI=1S/C13H21N3O5/c1-13(2,11(19)20)6-9(17)15-12(21)16-5-3-4-8(7-16)10(14)18/h8H,3-7H2,1-2H3,(H2,14,18)(H,19,20)(H,15,17,21). The lowest BCUT2D eigenvalue weighted by Crippen LogP contribution is -2.50. The SMILES string of the molecule is CC(C)(CC(=O)NC(=O)N1CCCC(C(N)=O)C1)C(=O)O. The Morgan fingerprint density at radius 1 is 1.33 bits per heavy atom. The summed E-state index contributed by atoms with van der Waals surface area (Å²) in [5.41, 5.74) is 3.97. The van der Waals surface area contributed by atoms with Gasteiger partial charge in [-0.1, -0.05) is 0 Å². The number of likely N-dealkylation sites (tertiary alicyclic amines) is 1. The Balaban J connectivity index is 2.55. The number of carboxylic acids is 1.